The predicted molar refractivity (Wildman–Crippen MR) is 127 cm³/mol. The molecule has 1 aliphatic heterocycles. The molecule has 2 aliphatic rings. The first kappa shape index (κ1) is 22.0. The molecule has 34 heavy (non-hydrogen) atoms. The summed E-state index contributed by atoms with van der Waals surface area (Å²) in [7, 11) is 0. The molecule has 9 nitrogen and oxygen atoms in total. The van der Waals surface area contributed by atoms with Crippen molar-refractivity contribution in [2.45, 2.75) is 39.3 Å². The highest BCUT2D eigenvalue weighted by Gasteiger charge is 2.57. The van der Waals surface area contributed by atoms with Crippen molar-refractivity contribution in [1.82, 2.24) is 19.9 Å². The molecule has 2 fully saturated rings. The first-order valence-electron chi connectivity index (χ1n) is 11.5. The minimum absolute atomic E-state index is 0.172. The van der Waals surface area contributed by atoms with Gasteiger partial charge in [-0.25, -0.2) is 14.3 Å². The van der Waals surface area contributed by atoms with Gasteiger partial charge in [0, 0.05) is 48.3 Å². The van der Waals surface area contributed by atoms with E-state index in [1.54, 1.807) is 16.9 Å². The van der Waals surface area contributed by atoms with Crippen LogP contribution in [-0.2, 0) is 4.74 Å². The Labute approximate surface area is 198 Å². The van der Waals surface area contributed by atoms with Gasteiger partial charge in [-0.1, -0.05) is 0 Å². The van der Waals surface area contributed by atoms with Crippen LogP contribution in [0.4, 0.5) is 10.6 Å². The van der Waals surface area contributed by atoms with E-state index in [0.717, 1.165) is 35.6 Å². The molecule has 1 N–H and O–H groups in total. The van der Waals surface area contributed by atoms with Crippen molar-refractivity contribution in [3.05, 3.63) is 42.4 Å². The molecule has 3 aromatic heterocycles. The Morgan fingerprint density at radius 3 is 2.65 bits per heavy atom. The highest BCUT2D eigenvalue weighted by molar-refractivity contribution is 5.85. The SMILES string of the molecule is CCOc1cc(-c2ccc(N3C[C@@H]4[C@H](C3)[C@H]4NC(=O)OC(C)(C)C)nc2)c2c(C#N)cnn2c1. The van der Waals surface area contributed by atoms with Gasteiger partial charge in [0.25, 0.3) is 0 Å². The summed E-state index contributed by atoms with van der Waals surface area (Å²) in [6.45, 7) is 9.76. The second-order valence-electron chi connectivity index (χ2n) is 9.80. The van der Waals surface area contributed by atoms with Crippen LogP contribution in [0.25, 0.3) is 16.6 Å². The van der Waals surface area contributed by atoms with Gasteiger partial charge in [0.1, 0.15) is 23.2 Å². The Morgan fingerprint density at radius 1 is 1.26 bits per heavy atom. The Balaban J connectivity index is 1.30. The van der Waals surface area contributed by atoms with Gasteiger partial charge in [-0.15, -0.1) is 0 Å². The quantitative estimate of drug-likeness (QED) is 0.620. The Bertz CT molecular complexity index is 1260. The van der Waals surface area contributed by atoms with Gasteiger partial charge in [0.15, 0.2) is 0 Å². The summed E-state index contributed by atoms with van der Waals surface area (Å²) in [6.07, 6.45) is 4.82. The lowest BCUT2D eigenvalue weighted by molar-refractivity contribution is 0.0518. The van der Waals surface area contributed by atoms with Crippen LogP contribution in [0.5, 0.6) is 5.75 Å². The predicted octanol–water partition coefficient (Wildman–Crippen LogP) is 3.63. The molecule has 1 aliphatic carbocycles. The van der Waals surface area contributed by atoms with Gasteiger partial charge in [0.2, 0.25) is 0 Å². The van der Waals surface area contributed by atoms with Crippen LogP contribution < -0.4 is 15.0 Å². The number of fused-ring (bicyclic) bond motifs is 2. The fraction of sp³-hybridized carbons (Fsp3) is 0.440. The van der Waals surface area contributed by atoms with Crippen LogP contribution in [-0.4, -0.2) is 52.0 Å². The average Bonchev–Trinajstić information content (AvgIpc) is 3.14. The number of hydrogen-bond donors (Lipinski definition) is 1. The van der Waals surface area contributed by atoms with E-state index in [4.69, 9.17) is 14.5 Å². The monoisotopic (exact) mass is 460 g/mol. The van der Waals surface area contributed by atoms with Crippen LogP contribution in [0.2, 0.25) is 0 Å². The summed E-state index contributed by atoms with van der Waals surface area (Å²) in [4.78, 5) is 19.0. The number of aromatic nitrogens is 3. The van der Waals surface area contributed by atoms with Crippen molar-refractivity contribution in [1.29, 1.82) is 5.26 Å². The maximum absolute atomic E-state index is 12.1. The number of hydrogen-bond acceptors (Lipinski definition) is 7. The number of carbonyl (C=O) groups is 1. The van der Waals surface area contributed by atoms with E-state index in [-0.39, 0.29) is 12.1 Å². The zero-order valence-corrected chi connectivity index (χ0v) is 19.8. The molecule has 1 amide bonds. The lowest BCUT2D eigenvalue weighted by Gasteiger charge is -2.23. The third kappa shape index (κ3) is 4.12. The van der Waals surface area contributed by atoms with Gasteiger partial charge < -0.3 is 19.7 Å². The molecule has 0 aromatic carbocycles. The average molecular weight is 461 g/mol. The molecule has 0 unspecified atom stereocenters. The first-order valence-corrected chi connectivity index (χ1v) is 11.5. The Morgan fingerprint density at radius 2 is 2.03 bits per heavy atom. The number of piperidine rings is 1. The summed E-state index contributed by atoms with van der Waals surface area (Å²) < 4.78 is 12.7. The van der Waals surface area contributed by atoms with E-state index in [1.165, 1.54) is 0 Å². The molecule has 5 rings (SSSR count). The molecular formula is C25H28N6O3. The van der Waals surface area contributed by atoms with Crippen LogP contribution >= 0.6 is 0 Å². The second-order valence-corrected chi connectivity index (χ2v) is 9.80. The van der Waals surface area contributed by atoms with Gasteiger partial charge in [-0.3, -0.25) is 0 Å². The summed E-state index contributed by atoms with van der Waals surface area (Å²) in [5, 5.41) is 16.8. The smallest absolute Gasteiger partial charge is 0.407 e. The van der Waals surface area contributed by atoms with Gasteiger partial charge >= 0.3 is 6.09 Å². The number of nitrogens with zero attached hydrogens (tertiary/aromatic N) is 5. The summed E-state index contributed by atoms with van der Waals surface area (Å²) in [6, 6.07) is 8.33. The van der Waals surface area contributed by atoms with Crippen molar-refractivity contribution in [2.24, 2.45) is 11.8 Å². The van der Waals surface area contributed by atoms with Crippen molar-refractivity contribution < 1.29 is 14.3 Å². The fourth-order valence-corrected chi connectivity index (χ4v) is 4.75. The fourth-order valence-electron chi connectivity index (χ4n) is 4.75. The van der Waals surface area contributed by atoms with Crippen molar-refractivity contribution in [2.75, 3.05) is 24.6 Å². The molecule has 0 spiro atoms. The van der Waals surface area contributed by atoms with Crippen LogP contribution in [0, 0.1) is 23.2 Å². The third-order valence-electron chi connectivity index (χ3n) is 6.28. The van der Waals surface area contributed by atoms with Gasteiger partial charge in [-0.2, -0.15) is 10.4 Å². The number of pyridine rings is 2. The van der Waals surface area contributed by atoms with E-state index in [1.807, 2.05) is 52.1 Å². The highest BCUT2D eigenvalue weighted by atomic mass is 16.6. The zero-order chi connectivity index (χ0) is 24.0. The normalized spacial score (nSPS) is 21.1. The van der Waals surface area contributed by atoms with Crippen molar-refractivity contribution in [3.8, 4) is 22.9 Å². The Hall–Kier alpha value is -3.80. The number of alkyl carbamates (subject to hydrolysis) is 1. The number of ether oxygens (including phenoxy) is 2. The molecule has 3 aromatic rings. The number of nitriles is 1. The van der Waals surface area contributed by atoms with Crippen LogP contribution in [0.15, 0.2) is 36.8 Å². The molecule has 0 radical (unpaired) electrons. The number of anilines is 1. The van der Waals surface area contributed by atoms with E-state index >= 15 is 0 Å². The molecule has 3 atom stereocenters. The summed E-state index contributed by atoms with van der Waals surface area (Å²) >= 11 is 0. The topological polar surface area (TPSA) is 105 Å². The lowest BCUT2D eigenvalue weighted by Crippen LogP contribution is -2.38. The zero-order valence-electron chi connectivity index (χ0n) is 19.8. The largest absolute Gasteiger partial charge is 0.492 e. The van der Waals surface area contributed by atoms with E-state index < -0.39 is 5.60 Å². The maximum Gasteiger partial charge on any atom is 0.407 e. The lowest BCUT2D eigenvalue weighted by atomic mass is 10.1. The number of nitrogens with one attached hydrogen (secondary N) is 1. The molecule has 1 saturated carbocycles. The second kappa shape index (κ2) is 8.20. The van der Waals surface area contributed by atoms with E-state index in [2.05, 4.69) is 21.4 Å². The number of amides is 1. The standard InChI is InChI=1S/C25H28N6O3/c1-5-33-17-8-18(23-16(9-26)11-28-31(23)12-17)15-6-7-21(27-10-15)30-13-19-20(14-30)22(19)29-24(32)34-25(2,3)4/h6-8,10-12,19-20,22H,5,13-14H2,1-4H3,(H,29,32)/t19-,20+,22+. The molecule has 176 valence electrons. The van der Waals surface area contributed by atoms with Crippen molar-refractivity contribution >= 4 is 17.4 Å². The first-order chi connectivity index (χ1) is 16.3. The molecular weight excluding hydrogens is 432 g/mol. The summed E-state index contributed by atoms with van der Waals surface area (Å²) in [5.41, 5.74) is 2.49. The maximum atomic E-state index is 12.1. The molecule has 0 bridgehead atoms. The van der Waals surface area contributed by atoms with Crippen LogP contribution in [0.3, 0.4) is 0 Å². The number of carbonyl (C=O) groups excluding carboxylic acids is 1. The Kier molecular flexibility index (Phi) is 5.31. The van der Waals surface area contributed by atoms with Crippen LogP contribution in [0.1, 0.15) is 33.3 Å². The van der Waals surface area contributed by atoms with E-state index in [0.29, 0.717) is 29.8 Å². The van der Waals surface area contributed by atoms with Gasteiger partial charge in [-0.05, 0) is 45.9 Å². The van der Waals surface area contributed by atoms with E-state index in [9.17, 15) is 10.1 Å². The van der Waals surface area contributed by atoms with Gasteiger partial charge in [0.05, 0.1) is 30.1 Å². The minimum Gasteiger partial charge on any atom is -0.492 e. The minimum atomic E-state index is -0.496. The number of rotatable bonds is 5. The third-order valence-corrected chi connectivity index (χ3v) is 6.28. The van der Waals surface area contributed by atoms with Crippen molar-refractivity contribution in [3.63, 3.8) is 0 Å². The molecule has 9 heteroatoms. The molecule has 1 saturated heterocycles. The molecule has 4 heterocycles. The highest BCUT2D eigenvalue weighted by Crippen LogP contribution is 2.46. The summed E-state index contributed by atoms with van der Waals surface area (Å²) in [5.74, 6) is 2.42.